The smallest absolute Gasteiger partial charge is 0.332 e. The highest BCUT2D eigenvalue weighted by atomic mass is 16.4. The van der Waals surface area contributed by atoms with Crippen molar-refractivity contribution in [2.24, 2.45) is 22.7 Å². The van der Waals surface area contributed by atoms with Crippen molar-refractivity contribution < 1.29 is 14.7 Å². The Labute approximate surface area is 81.2 Å². The molecule has 0 aromatic heterocycles. The molecule has 1 rings (SSSR count). The molecule has 0 saturated heterocycles. The summed E-state index contributed by atoms with van der Waals surface area (Å²) in [5, 5.41) is 12.6. The van der Waals surface area contributed by atoms with E-state index in [-0.39, 0.29) is 5.92 Å². The summed E-state index contributed by atoms with van der Waals surface area (Å²) < 4.78 is 0. The van der Waals surface area contributed by atoms with Crippen molar-refractivity contribution in [1.29, 1.82) is 0 Å². The van der Waals surface area contributed by atoms with Crippen molar-refractivity contribution in [3.8, 4) is 0 Å². The van der Waals surface area contributed by atoms with Gasteiger partial charge in [0, 0.05) is 11.6 Å². The van der Waals surface area contributed by atoms with E-state index in [4.69, 9.17) is 10.8 Å². The van der Waals surface area contributed by atoms with E-state index < -0.39 is 17.9 Å². The Morgan fingerprint density at radius 1 is 1.64 bits per heavy atom. The molecule has 0 spiro atoms. The molecular formula is C8H13N3O3. The fraction of sp³-hybridized carbons (Fsp3) is 0.625. The number of aliphatic carboxylic acids is 1. The molecule has 2 atom stereocenters. The summed E-state index contributed by atoms with van der Waals surface area (Å²) in [6.07, 6.45) is 1.16. The number of amides is 2. The lowest BCUT2D eigenvalue weighted by atomic mass is 9.98. The minimum absolute atomic E-state index is 0.139. The molecular weight excluding hydrogens is 186 g/mol. The number of carbonyl (C=O) groups excluding carboxylic acids is 1. The van der Waals surface area contributed by atoms with Gasteiger partial charge in [-0.05, 0) is 12.8 Å². The molecule has 14 heavy (non-hydrogen) atoms. The first-order valence-corrected chi connectivity index (χ1v) is 4.37. The van der Waals surface area contributed by atoms with E-state index in [0.717, 1.165) is 0 Å². The van der Waals surface area contributed by atoms with Crippen LogP contribution in [0.5, 0.6) is 0 Å². The Bertz CT molecular complexity index is 288. The average molecular weight is 199 g/mol. The highest BCUT2D eigenvalue weighted by molar-refractivity contribution is 5.93. The minimum Gasteiger partial charge on any atom is -0.481 e. The maximum atomic E-state index is 10.7. The van der Waals surface area contributed by atoms with Crippen LogP contribution in [0.4, 0.5) is 4.79 Å². The van der Waals surface area contributed by atoms with Crippen LogP contribution in [0.2, 0.25) is 0 Å². The van der Waals surface area contributed by atoms with Gasteiger partial charge >= 0.3 is 12.0 Å². The van der Waals surface area contributed by atoms with Gasteiger partial charge in [0.05, 0.1) is 5.92 Å². The third kappa shape index (κ3) is 2.21. The van der Waals surface area contributed by atoms with E-state index >= 15 is 0 Å². The molecule has 1 aliphatic carbocycles. The van der Waals surface area contributed by atoms with Gasteiger partial charge in [0.1, 0.15) is 0 Å². The van der Waals surface area contributed by atoms with Gasteiger partial charge in [-0.3, -0.25) is 4.79 Å². The molecule has 0 heterocycles. The number of nitrogens with two attached hydrogens (primary N) is 1. The Morgan fingerprint density at radius 2 is 2.29 bits per heavy atom. The first kappa shape index (κ1) is 10.5. The maximum absolute atomic E-state index is 10.7. The van der Waals surface area contributed by atoms with Gasteiger partial charge in [0.25, 0.3) is 0 Å². The third-order valence-electron chi connectivity index (χ3n) is 2.47. The Balaban J connectivity index is 2.63. The van der Waals surface area contributed by atoms with E-state index in [1.165, 1.54) is 0 Å². The Morgan fingerprint density at radius 3 is 2.71 bits per heavy atom. The molecule has 0 aliphatic heterocycles. The number of urea groups is 1. The topological polar surface area (TPSA) is 105 Å². The van der Waals surface area contributed by atoms with Crippen LogP contribution in [0, 0.1) is 11.8 Å². The average Bonchev–Trinajstić information content (AvgIpc) is 2.43. The van der Waals surface area contributed by atoms with Gasteiger partial charge < -0.3 is 10.8 Å². The van der Waals surface area contributed by atoms with Crippen molar-refractivity contribution in [2.45, 2.75) is 19.8 Å². The molecule has 78 valence electrons. The summed E-state index contributed by atoms with van der Waals surface area (Å²) in [5.74, 6) is -1.36. The molecule has 4 N–H and O–H groups in total. The molecule has 2 amide bonds. The summed E-state index contributed by atoms with van der Waals surface area (Å²) >= 11 is 0. The maximum Gasteiger partial charge on any atom is 0.332 e. The van der Waals surface area contributed by atoms with Gasteiger partial charge in [-0.25, -0.2) is 10.2 Å². The molecule has 0 bridgehead atoms. The minimum atomic E-state index is -0.818. The highest BCUT2D eigenvalue weighted by Gasteiger charge is 2.34. The predicted molar refractivity (Wildman–Crippen MR) is 49.7 cm³/mol. The molecule has 6 nitrogen and oxygen atoms in total. The highest BCUT2D eigenvalue weighted by Crippen LogP contribution is 2.29. The van der Waals surface area contributed by atoms with Crippen molar-refractivity contribution in [1.82, 2.24) is 5.43 Å². The molecule has 2 unspecified atom stereocenters. The SMILES string of the molecule is CC1/C(=N\NC(N)=O)CCC1C(=O)O. The largest absolute Gasteiger partial charge is 0.481 e. The van der Waals surface area contributed by atoms with E-state index in [1.807, 2.05) is 0 Å². The lowest BCUT2D eigenvalue weighted by molar-refractivity contribution is -0.142. The second-order valence-electron chi connectivity index (χ2n) is 3.35. The van der Waals surface area contributed by atoms with Crippen molar-refractivity contribution in [3.05, 3.63) is 0 Å². The fourth-order valence-corrected chi connectivity index (χ4v) is 1.64. The molecule has 0 aromatic carbocycles. The van der Waals surface area contributed by atoms with Gasteiger partial charge in [0.2, 0.25) is 0 Å². The number of carboxylic acids is 1. The monoisotopic (exact) mass is 199 g/mol. The third-order valence-corrected chi connectivity index (χ3v) is 2.47. The number of nitrogens with zero attached hydrogens (tertiary/aromatic N) is 1. The predicted octanol–water partition coefficient (Wildman–Crippen LogP) is 0.141. The quantitative estimate of drug-likeness (QED) is 0.551. The number of carbonyl (C=O) groups is 2. The van der Waals surface area contributed by atoms with E-state index in [2.05, 4.69) is 10.5 Å². The second kappa shape index (κ2) is 4.08. The number of carboxylic acid groups (broad SMARTS) is 1. The number of hydrogen-bond donors (Lipinski definition) is 3. The van der Waals surface area contributed by atoms with Crippen LogP contribution in [0.1, 0.15) is 19.8 Å². The van der Waals surface area contributed by atoms with Crippen LogP contribution in [0.15, 0.2) is 5.10 Å². The van der Waals surface area contributed by atoms with Crippen LogP contribution < -0.4 is 11.2 Å². The molecule has 1 aliphatic rings. The number of nitrogens with one attached hydrogen (secondary N) is 1. The van der Waals surface area contributed by atoms with Crippen LogP contribution in [-0.2, 0) is 4.79 Å². The van der Waals surface area contributed by atoms with Gasteiger partial charge in [-0.2, -0.15) is 5.10 Å². The Hall–Kier alpha value is -1.59. The normalized spacial score (nSPS) is 29.1. The second-order valence-corrected chi connectivity index (χ2v) is 3.35. The summed E-state index contributed by atoms with van der Waals surface area (Å²) in [7, 11) is 0. The lowest BCUT2D eigenvalue weighted by Gasteiger charge is -2.09. The molecule has 0 aromatic rings. The first-order chi connectivity index (χ1) is 6.52. The van der Waals surface area contributed by atoms with Gasteiger partial charge in [-0.1, -0.05) is 6.92 Å². The van der Waals surface area contributed by atoms with E-state index in [9.17, 15) is 9.59 Å². The van der Waals surface area contributed by atoms with Crippen molar-refractivity contribution in [3.63, 3.8) is 0 Å². The number of hydrazone groups is 1. The van der Waals surface area contributed by atoms with Crippen molar-refractivity contribution >= 4 is 17.7 Å². The Kier molecular flexibility index (Phi) is 3.06. The molecule has 1 saturated carbocycles. The molecule has 6 heteroatoms. The summed E-state index contributed by atoms with van der Waals surface area (Å²) in [6, 6.07) is -0.733. The van der Waals surface area contributed by atoms with Crippen LogP contribution in [-0.4, -0.2) is 22.8 Å². The summed E-state index contributed by atoms with van der Waals surface area (Å²) in [6.45, 7) is 1.79. The number of rotatable bonds is 2. The summed E-state index contributed by atoms with van der Waals surface area (Å²) in [4.78, 5) is 21.1. The zero-order chi connectivity index (χ0) is 10.7. The summed E-state index contributed by atoms with van der Waals surface area (Å²) in [5.41, 5.74) is 7.64. The van der Waals surface area contributed by atoms with Crippen LogP contribution in [0.3, 0.4) is 0 Å². The van der Waals surface area contributed by atoms with E-state index in [0.29, 0.717) is 18.6 Å². The lowest BCUT2D eigenvalue weighted by Crippen LogP contribution is -2.27. The van der Waals surface area contributed by atoms with Crippen molar-refractivity contribution in [2.75, 3.05) is 0 Å². The number of hydrogen-bond acceptors (Lipinski definition) is 3. The first-order valence-electron chi connectivity index (χ1n) is 4.37. The zero-order valence-electron chi connectivity index (χ0n) is 7.86. The molecule has 1 fully saturated rings. The van der Waals surface area contributed by atoms with Crippen LogP contribution >= 0.6 is 0 Å². The van der Waals surface area contributed by atoms with E-state index in [1.54, 1.807) is 6.92 Å². The molecule has 0 radical (unpaired) electrons. The van der Waals surface area contributed by atoms with Gasteiger partial charge in [0.15, 0.2) is 0 Å². The number of primary amides is 1. The van der Waals surface area contributed by atoms with Gasteiger partial charge in [-0.15, -0.1) is 0 Å². The standard InChI is InChI=1S/C8H13N3O3/c1-4-5(7(12)13)2-3-6(4)10-11-8(9)14/h4-5H,2-3H2,1H3,(H,12,13)(H3,9,11,14)/b10-6-. The van der Waals surface area contributed by atoms with Crippen LogP contribution in [0.25, 0.3) is 0 Å². The fourth-order valence-electron chi connectivity index (χ4n) is 1.64. The zero-order valence-corrected chi connectivity index (χ0v) is 7.86.